The average molecular weight is 314 g/mol. The molecule has 1 fully saturated rings. The summed E-state index contributed by atoms with van der Waals surface area (Å²) in [5.74, 6) is 0. The van der Waals surface area contributed by atoms with E-state index in [-0.39, 0.29) is 0 Å². The van der Waals surface area contributed by atoms with Crippen molar-refractivity contribution < 1.29 is 9.84 Å². The fourth-order valence-electron chi connectivity index (χ4n) is 2.23. The molecule has 1 atom stereocenters. The van der Waals surface area contributed by atoms with E-state index in [0.29, 0.717) is 0 Å². The molecule has 0 aromatic heterocycles. The summed E-state index contributed by atoms with van der Waals surface area (Å²) in [5, 5.41) is 10.2. The molecule has 3 nitrogen and oxygen atoms in total. The van der Waals surface area contributed by atoms with Crippen molar-refractivity contribution >= 4 is 15.9 Å². The van der Waals surface area contributed by atoms with Gasteiger partial charge in [0.25, 0.3) is 0 Å². The summed E-state index contributed by atoms with van der Waals surface area (Å²) in [5.41, 5.74) is 0.976. The summed E-state index contributed by atoms with van der Waals surface area (Å²) < 4.78 is 6.41. The van der Waals surface area contributed by atoms with E-state index in [4.69, 9.17) is 4.74 Å². The Hall–Kier alpha value is -0.420. The van der Waals surface area contributed by atoms with Crippen LogP contribution in [0.25, 0.3) is 0 Å². The van der Waals surface area contributed by atoms with E-state index in [1.54, 1.807) is 0 Å². The maximum Gasteiger partial charge on any atom is 0.0813 e. The molecule has 0 bridgehead atoms. The number of ether oxygens (including phenoxy) is 1. The Bertz CT molecular complexity index is 365. The molecule has 100 valence electrons. The lowest BCUT2D eigenvalue weighted by molar-refractivity contribution is 0.126. The Morgan fingerprint density at radius 1 is 1.28 bits per heavy atom. The highest BCUT2D eigenvalue weighted by atomic mass is 79.9. The maximum absolute atomic E-state index is 10.2. The SMILES string of the molecule is OC(CCN1CCCOCC1)c1ccccc1Br. The fourth-order valence-corrected chi connectivity index (χ4v) is 2.78. The van der Waals surface area contributed by atoms with E-state index in [1.165, 1.54) is 0 Å². The number of aliphatic hydroxyl groups excluding tert-OH is 1. The molecule has 0 saturated carbocycles. The quantitative estimate of drug-likeness (QED) is 0.927. The van der Waals surface area contributed by atoms with Crippen molar-refractivity contribution in [1.29, 1.82) is 0 Å². The second-order valence-corrected chi connectivity index (χ2v) is 5.49. The normalized spacial score (nSPS) is 19.4. The molecule has 1 saturated heterocycles. The first-order chi connectivity index (χ1) is 8.77. The average Bonchev–Trinajstić information content (AvgIpc) is 2.65. The van der Waals surface area contributed by atoms with Gasteiger partial charge in [-0.3, -0.25) is 0 Å². The highest BCUT2D eigenvalue weighted by molar-refractivity contribution is 9.10. The van der Waals surface area contributed by atoms with Gasteiger partial charge in [-0.15, -0.1) is 0 Å². The fraction of sp³-hybridized carbons (Fsp3) is 0.571. The number of hydrogen-bond acceptors (Lipinski definition) is 3. The number of nitrogens with zero attached hydrogens (tertiary/aromatic N) is 1. The highest BCUT2D eigenvalue weighted by Gasteiger charge is 2.14. The lowest BCUT2D eigenvalue weighted by Gasteiger charge is -2.21. The van der Waals surface area contributed by atoms with Crippen LogP contribution in [-0.2, 0) is 4.74 Å². The number of halogens is 1. The molecule has 0 spiro atoms. The van der Waals surface area contributed by atoms with Crippen LogP contribution in [0.15, 0.2) is 28.7 Å². The van der Waals surface area contributed by atoms with Crippen LogP contribution >= 0.6 is 15.9 Å². The second-order valence-electron chi connectivity index (χ2n) is 4.63. The summed E-state index contributed by atoms with van der Waals surface area (Å²) in [6, 6.07) is 7.87. The lowest BCUT2D eigenvalue weighted by atomic mass is 10.1. The molecule has 1 N–H and O–H groups in total. The van der Waals surface area contributed by atoms with Crippen LogP contribution in [0.5, 0.6) is 0 Å². The molecule has 1 unspecified atom stereocenters. The highest BCUT2D eigenvalue weighted by Crippen LogP contribution is 2.25. The monoisotopic (exact) mass is 313 g/mol. The number of rotatable bonds is 4. The van der Waals surface area contributed by atoms with Crippen LogP contribution in [0.3, 0.4) is 0 Å². The molecule has 0 amide bonds. The minimum Gasteiger partial charge on any atom is -0.388 e. The summed E-state index contributed by atoms with van der Waals surface area (Å²) in [6.45, 7) is 4.64. The van der Waals surface area contributed by atoms with Crippen molar-refractivity contribution in [3.63, 3.8) is 0 Å². The van der Waals surface area contributed by atoms with Gasteiger partial charge in [-0.25, -0.2) is 0 Å². The smallest absolute Gasteiger partial charge is 0.0813 e. The third-order valence-corrected chi connectivity index (χ3v) is 4.02. The molecule has 1 heterocycles. The molecular formula is C14H20BrNO2. The van der Waals surface area contributed by atoms with Crippen LogP contribution in [0.2, 0.25) is 0 Å². The molecule has 1 aliphatic rings. The van der Waals surface area contributed by atoms with Crippen molar-refractivity contribution in [2.45, 2.75) is 18.9 Å². The van der Waals surface area contributed by atoms with Crippen molar-refractivity contribution in [2.24, 2.45) is 0 Å². The number of benzene rings is 1. The Kier molecular flexibility index (Phi) is 5.63. The van der Waals surface area contributed by atoms with Crippen molar-refractivity contribution in [3.8, 4) is 0 Å². The van der Waals surface area contributed by atoms with Gasteiger partial charge in [-0.1, -0.05) is 34.1 Å². The van der Waals surface area contributed by atoms with Gasteiger partial charge in [-0.2, -0.15) is 0 Å². The number of aliphatic hydroxyl groups is 1. The van der Waals surface area contributed by atoms with E-state index in [0.717, 1.165) is 55.7 Å². The Balaban J connectivity index is 1.84. The predicted molar refractivity (Wildman–Crippen MR) is 75.6 cm³/mol. The third kappa shape index (κ3) is 4.05. The van der Waals surface area contributed by atoms with Gasteiger partial charge < -0.3 is 14.7 Å². The molecule has 1 aromatic rings. The van der Waals surface area contributed by atoms with Crippen molar-refractivity contribution in [3.05, 3.63) is 34.3 Å². The molecule has 0 radical (unpaired) electrons. The standard InChI is InChI=1S/C14H20BrNO2/c15-13-5-2-1-4-12(13)14(17)6-8-16-7-3-10-18-11-9-16/h1-2,4-5,14,17H,3,6-11H2. The molecule has 2 rings (SSSR count). The maximum atomic E-state index is 10.2. The van der Waals surface area contributed by atoms with Gasteiger partial charge in [0.05, 0.1) is 12.7 Å². The van der Waals surface area contributed by atoms with E-state index >= 15 is 0 Å². The Morgan fingerprint density at radius 2 is 2.11 bits per heavy atom. The van der Waals surface area contributed by atoms with Gasteiger partial charge in [0.1, 0.15) is 0 Å². The summed E-state index contributed by atoms with van der Waals surface area (Å²) in [4.78, 5) is 2.37. The van der Waals surface area contributed by atoms with Gasteiger partial charge in [-0.05, 0) is 24.5 Å². The summed E-state index contributed by atoms with van der Waals surface area (Å²) in [6.07, 6.45) is 1.46. The minimum absolute atomic E-state index is 0.398. The topological polar surface area (TPSA) is 32.7 Å². The third-order valence-electron chi connectivity index (χ3n) is 3.30. The zero-order valence-corrected chi connectivity index (χ0v) is 12.1. The minimum atomic E-state index is -0.398. The van der Waals surface area contributed by atoms with Gasteiger partial charge in [0.15, 0.2) is 0 Å². The van der Waals surface area contributed by atoms with E-state index in [9.17, 15) is 5.11 Å². The first kappa shape index (κ1) is 14.0. The van der Waals surface area contributed by atoms with Crippen molar-refractivity contribution in [1.82, 2.24) is 4.90 Å². The summed E-state index contributed by atoms with van der Waals surface area (Å²) in [7, 11) is 0. The predicted octanol–water partition coefficient (Wildman–Crippen LogP) is 2.59. The molecule has 18 heavy (non-hydrogen) atoms. The van der Waals surface area contributed by atoms with Crippen LogP contribution in [-0.4, -0.2) is 42.9 Å². The summed E-state index contributed by atoms with van der Waals surface area (Å²) >= 11 is 3.48. The van der Waals surface area contributed by atoms with E-state index in [2.05, 4.69) is 20.8 Å². The molecular weight excluding hydrogens is 294 g/mol. The van der Waals surface area contributed by atoms with Crippen molar-refractivity contribution in [2.75, 3.05) is 32.8 Å². The molecule has 1 aromatic carbocycles. The van der Waals surface area contributed by atoms with Crippen LogP contribution in [0, 0.1) is 0 Å². The zero-order chi connectivity index (χ0) is 12.8. The molecule has 1 aliphatic heterocycles. The Labute approximate surface area is 117 Å². The largest absolute Gasteiger partial charge is 0.388 e. The van der Waals surface area contributed by atoms with Crippen LogP contribution in [0.1, 0.15) is 24.5 Å². The van der Waals surface area contributed by atoms with E-state index < -0.39 is 6.10 Å². The first-order valence-electron chi connectivity index (χ1n) is 6.50. The van der Waals surface area contributed by atoms with Crippen LogP contribution in [0.4, 0.5) is 0 Å². The van der Waals surface area contributed by atoms with Gasteiger partial charge >= 0.3 is 0 Å². The van der Waals surface area contributed by atoms with Gasteiger partial charge in [0.2, 0.25) is 0 Å². The molecule has 4 heteroatoms. The van der Waals surface area contributed by atoms with Crippen LogP contribution < -0.4 is 0 Å². The lowest BCUT2D eigenvalue weighted by Crippen LogP contribution is -2.28. The zero-order valence-electron chi connectivity index (χ0n) is 10.5. The first-order valence-corrected chi connectivity index (χ1v) is 7.29. The Morgan fingerprint density at radius 3 is 2.94 bits per heavy atom. The molecule has 0 aliphatic carbocycles. The van der Waals surface area contributed by atoms with E-state index in [1.807, 2.05) is 24.3 Å². The number of hydrogen-bond donors (Lipinski definition) is 1. The second kappa shape index (κ2) is 7.24. The van der Waals surface area contributed by atoms with Gasteiger partial charge in [0, 0.05) is 30.7 Å².